The lowest BCUT2D eigenvalue weighted by atomic mass is 9.90. The number of nitro groups is 1. The Labute approximate surface area is 105 Å². The average Bonchev–Trinajstić information content (AvgIpc) is 2.38. The molecule has 1 fully saturated rings. The van der Waals surface area contributed by atoms with Crippen molar-refractivity contribution in [3.63, 3.8) is 0 Å². The zero-order chi connectivity index (χ0) is 13.0. The van der Waals surface area contributed by atoms with Crippen molar-refractivity contribution in [1.82, 2.24) is 0 Å². The number of nitro benzene ring substituents is 1. The first-order valence-corrected chi connectivity index (χ1v) is 6.23. The second-order valence-corrected chi connectivity index (χ2v) is 4.69. The molecule has 1 saturated carbocycles. The van der Waals surface area contributed by atoms with Crippen LogP contribution in [-0.4, -0.2) is 11.5 Å². The smallest absolute Gasteiger partial charge is 0.272 e. The van der Waals surface area contributed by atoms with E-state index < -0.39 is 10.7 Å². The van der Waals surface area contributed by atoms with E-state index in [1.165, 1.54) is 31.4 Å². The third-order valence-corrected chi connectivity index (χ3v) is 3.33. The fraction of sp³-hybridized carbons (Fsp3) is 0.538. The van der Waals surface area contributed by atoms with Gasteiger partial charge in [0.1, 0.15) is 0 Å². The fourth-order valence-electron chi connectivity index (χ4n) is 2.28. The molecule has 0 atom stereocenters. The van der Waals surface area contributed by atoms with E-state index >= 15 is 0 Å². The number of hydrogen-bond donors (Lipinski definition) is 0. The zero-order valence-electron chi connectivity index (χ0n) is 10.1. The molecule has 98 valence electrons. The van der Waals surface area contributed by atoms with Gasteiger partial charge in [0.05, 0.1) is 17.6 Å². The first-order valence-electron chi connectivity index (χ1n) is 6.23. The lowest BCUT2D eigenvalue weighted by Crippen LogP contribution is -2.15. The SMILES string of the molecule is O=[N+]([O-])c1ccc(OCC2CCCCC2)c(F)c1. The molecule has 4 nitrogen and oxygen atoms in total. The molecule has 5 heteroatoms. The summed E-state index contributed by atoms with van der Waals surface area (Å²) in [5, 5.41) is 10.5. The second kappa shape index (κ2) is 5.80. The zero-order valence-corrected chi connectivity index (χ0v) is 10.1. The molecule has 0 spiro atoms. The normalized spacial score (nSPS) is 16.5. The molecule has 1 aromatic carbocycles. The molecule has 0 unspecified atom stereocenters. The van der Waals surface area contributed by atoms with Crippen LogP contribution in [-0.2, 0) is 0 Å². The van der Waals surface area contributed by atoms with Crippen molar-refractivity contribution in [2.45, 2.75) is 32.1 Å². The second-order valence-electron chi connectivity index (χ2n) is 4.69. The molecule has 0 aromatic heterocycles. The van der Waals surface area contributed by atoms with Gasteiger partial charge in [0.2, 0.25) is 0 Å². The van der Waals surface area contributed by atoms with Crippen molar-refractivity contribution in [3.05, 3.63) is 34.1 Å². The highest BCUT2D eigenvalue weighted by Crippen LogP contribution is 2.27. The van der Waals surface area contributed by atoms with Crippen LogP contribution >= 0.6 is 0 Å². The summed E-state index contributed by atoms with van der Waals surface area (Å²) in [6, 6.07) is 3.49. The Morgan fingerprint density at radius 2 is 2.06 bits per heavy atom. The number of benzene rings is 1. The molecule has 1 aromatic rings. The number of halogens is 1. The maximum atomic E-state index is 13.5. The van der Waals surface area contributed by atoms with Crippen LogP contribution < -0.4 is 4.74 Å². The van der Waals surface area contributed by atoms with Crippen molar-refractivity contribution in [2.75, 3.05) is 6.61 Å². The summed E-state index contributed by atoms with van der Waals surface area (Å²) in [7, 11) is 0. The molecule has 1 aliphatic carbocycles. The van der Waals surface area contributed by atoms with E-state index in [1.54, 1.807) is 0 Å². The third kappa shape index (κ3) is 3.18. The molecule has 0 aliphatic heterocycles. The van der Waals surface area contributed by atoms with Gasteiger partial charge >= 0.3 is 0 Å². The average molecular weight is 253 g/mol. The number of rotatable bonds is 4. The molecule has 0 bridgehead atoms. The van der Waals surface area contributed by atoms with Crippen LogP contribution in [0.15, 0.2) is 18.2 Å². The highest BCUT2D eigenvalue weighted by Gasteiger charge is 2.16. The predicted molar refractivity (Wildman–Crippen MR) is 65.1 cm³/mol. The first-order chi connectivity index (χ1) is 8.66. The quantitative estimate of drug-likeness (QED) is 0.607. The van der Waals surface area contributed by atoms with Gasteiger partial charge in [0.25, 0.3) is 5.69 Å². The first kappa shape index (κ1) is 12.8. The Morgan fingerprint density at radius 3 is 2.67 bits per heavy atom. The van der Waals surface area contributed by atoms with Crippen LogP contribution in [0.1, 0.15) is 32.1 Å². The van der Waals surface area contributed by atoms with E-state index in [0.717, 1.165) is 18.9 Å². The maximum Gasteiger partial charge on any atom is 0.272 e. The molecule has 0 saturated heterocycles. The molecule has 0 N–H and O–H groups in total. The van der Waals surface area contributed by atoms with Gasteiger partial charge in [-0.25, -0.2) is 4.39 Å². The van der Waals surface area contributed by atoms with Crippen molar-refractivity contribution >= 4 is 5.69 Å². The van der Waals surface area contributed by atoms with E-state index in [0.29, 0.717) is 12.5 Å². The van der Waals surface area contributed by atoms with Crippen molar-refractivity contribution < 1.29 is 14.1 Å². The van der Waals surface area contributed by atoms with E-state index in [1.807, 2.05) is 0 Å². The van der Waals surface area contributed by atoms with Crippen LogP contribution in [0.25, 0.3) is 0 Å². The van der Waals surface area contributed by atoms with E-state index in [9.17, 15) is 14.5 Å². The van der Waals surface area contributed by atoms with Gasteiger partial charge in [-0.3, -0.25) is 10.1 Å². The summed E-state index contributed by atoms with van der Waals surface area (Å²) >= 11 is 0. The number of hydrogen-bond acceptors (Lipinski definition) is 3. The van der Waals surface area contributed by atoms with E-state index in [2.05, 4.69) is 0 Å². The van der Waals surface area contributed by atoms with Crippen molar-refractivity contribution in [3.8, 4) is 5.75 Å². The van der Waals surface area contributed by atoms with Crippen LogP contribution in [0.3, 0.4) is 0 Å². The highest BCUT2D eigenvalue weighted by molar-refractivity contribution is 5.37. The van der Waals surface area contributed by atoms with Gasteiger partial charge in [0, 0.05) is 6.07 Å². The van der Waals surface area contributed by atoms with Gasteiger partial charge in [-0.05, 0) is 24.8 Å². The number of nitrogens with zero attached hydrogens (tertiary/aromatic N) is 1. The molecule has 0 heterocycles. The molecule has 0 radical (unpaired) electrons. The Balaban J connectivity index is 1.94. The van der Waals surface area contributed by atoms with E-state index in [4.69, 9.17) is 4.74 Å². The lowest BCUT2D eigenvalue weighted by molar-refractivity contribution is -0.385. The molecule has 1 aliphatic rings. The molecule has 0 amide bonds. The summed E-state index contributed by atoms with van der Waals surface area (Å²) in [5.74, 6) is -0.0838. The van der Waals surface area contributed by atoms with Crippen LogP contribution in [0, 0.1) is 21.8 Å². The lowest BCUT2D eigenvalue weighted by Gasteiger charge is -2.21. The maximum absolute atomic E-state index is 13.5. The Kier molecular flexibility index (Phi) is 4.12. The fourth-order valence-corrected chi connectivity index (χ4v) is 2.28. The molecule has 2 rings (SSSR count). The van der Waals surface area contributed by atoms with Crippen LogP contribution in [0.4, 0.5) is 10.1 Å². The van der Waals surface area contributed by atoms with Crippen molar-refractivity contribution in [2.24, 2.45) is 5.92 Å². The minimum atomic E-state index is -0.667. The van der Waals surface area contributed by atoms with Crippen LogP contribution in [0.2, 0.25) is 0 Å². The van der Waals surface area contributed by atoms with Gasteiger partial charge < -0.3 is 4.74 Å². The summed E-state index contributed by atoms with van der Waals surface area (Å²) in [5.41, 5.74) is -0.252. The summed E-state index contributed by atoms with van der Waals surface area (Å²) in [6.45, 7) is 0.495. The molecular weight excluding hydrogens is 237 g/mol. The summed E-state index contributed by atoms with van der Waals surface area (Å²) < 4.78 is 18.9. The minimum Gasteiger partial charge on any atom is -0.490 e. The number of non-ortho nitro benzene ring substituents is 1. The van der Waals surface area contributed by atoms with Gasteiger partial charge in [-0.2, -0.15) is 0 Å². The summed E-state index contributed by atoms with van der Waals surface area (Å²) in [4.78, 5) is 9.85. The number of ether oxygens (including phenoxy) is 1. The third-order valence-electron chi connectivity index (χ3n) is 3.33. The molecule has 18 heavy (non-hydrogen) atoms. The standard InChI is InChI=1S/C13H16FNO3/c14-12-8-11(15(16)17)6-7-13(12)18-9-10-4-2-1-3-5-10/h6-8,10H,1-5,9H2. The van der Waals surface area contributed by atoms with Crippen LogP contribution in [0.5, 0.6) is 5.75 Å². The topological polar surface area (TPSA) is 52.4 Å². The largest absolute Gasteiger partial charge is 0.490 e. The Bertz CT molecular complexity index is 430. The van der Waals surface area contributed by atoms with Gasteiger partial charge in [0.15, 0.2) is 11.6 Å². The monoisotopic (exact) mass is 253 g/mol. The van der Waals surface area contributed by atoms with Gasteiger partial charge in [-0.15, -0.1) is 0 Å². The Morgan fingerprint density at radius 1 is 1.33 bits per heavy atom. The minimum absolute atomic E-state index is 0.103. The molecular formula is C13H16FNO3. The van der Waals surface area contributed by atoms with Crippen molar-refractivity contribution in [1.29, 1.82) is 0 Å². The summed E-state index contributed by atoms with van der Waals surface area (Å²) in [6.07, 6.45) is 5.92. The van der Waals surface area contributed by atoms with E-state index in [-0.39, 0.29) is 11.4 Å². The van der Waals surface area contributed by atoms with Gasteiger partial charge in [-0.1, -0.05) is 19.3 Å². The predicted octanol–water partition coefficient (Wildman–Crippen LogP) is 3.69. The Hall–Kier alpha value is -1.65. The highest BCUT2D eigenvalue weighted by atomic mass is 19.1.